The van der Waals surface area contributed by atoms with Gasteiger partial charge in [-0.25, -0.2) is 0 Å². The van der Waals surface area contributed by atoms with Crippen LogP contribution >= 0.6 is 0 Å². The molecule has 0 atom stereocenters. The third-order valence-corrected chi connectivity index (χ3v) is 3.39. The molecule has 0 fully saturated rings. The van der Waals surface area contributed by atoms with Crippen molar-refractivity contribution in [2.75, 3.05) is 0 Å². The van der Waals surface area contributed by atoms with E-state index in [0.717, 1.165) is 0 Å². The molecule has 142 valence electrons. The summed E-state index contributed by atoms with van der Waals surface area (Å²) in [5.74, 6) is -2.15. The first-order valence-corrected chi connectivity index (χ1v) is 9.05. The van der Waals surface area contributed by atoms with Crippen molar-refractivity contribution < 1.29 is 19.8 Å². The minimum absolute atomic E-state index is 0.296. The molecule has 0 heterocycles. The van der Waals surface area contributed by atoms with Gasteiger partial charge in [0.05, 0.1) is 12.8 Å². The molecule has 0 saturated carbocycles. The number of carbonyl (C=O) groups is 2. The Balaban J connectivity index is 0.000000392. The smallest absolute Gasteiger partial charge is 0.303 e. The maximum Gasteiger partial charge on any atom is 0.303 e. The van der Waals surface area contributed by atoms with Crippen LogP contribution in [-0.2, 0) is 9.59 Å². The summed E-state index contributed by atoms with van der Waals surface area (Å²) in [6.07, 6.45) is 4.94. The van der Waals surface area contributed by atoms with E-state index in [1.165, 1.54) is 36.8 Å². The van der Waals surface area contributed by atoms with E-state index in [1.807, 2.05) is 12.1 Å². The maximum atomic E-state index is 9.64. The van der Waals surface area contributed by atoms with Crippen LogP contribution in [0.2, 0.25) is 0 Å². The molecule has 0 aliphatic heterocycles. The van der Waals surface area contributed by atoms with Crippen LogP contribution in [0, 0.1) is 0 Å². The van der Waals surface area contributed by atoms with Gasteiger partial charge in [-0.3, -0.25) is 9.59 Å². The average molecular weight is 358 g/mol. The first kappa shape index (κ1) is 23.4. The largest absolute Gasteiger partial charge is 0.481 e. The summed E-state index contributed by atoms with van der Waals surface area (Å²) in [5.41, 5.74) is 2.55. The maximum absolute atomic E-state index is 9.64. The second-order valence-corrected chi connectivity index (χ2v) is 5.73. The van der Waals surface area contributed by atoms with E-state index in [1.54, 1.807) is 0 Å². The number of hydrogen-bond donors (Lipinski definition) is 2. The molecular weight excluding hydrogens is 328 g/mol. The van der Waals surface area contributed by atoms with Crippen molar-refractivity contribution in [3.05, 3.63) is 60.7 Å². The molecule has 2 N–H and O–H groups in total. The van der Waals surface area contributed by atoms with E-state index in [0.29, 0.717) is 0 Å². The fraction of sp³-hybridized carbons (Fsp3) is 0.364. The molecule has 0 aliphatic carbocycles. The fourth-order valence-corrected chi connectivity index (χ4v) is 1.98. The SMILES string of the molecule is CCCCCC.O=C(O)CCC(=O)O.c1ccc(-c2ccccc2)cc1. The fourth-order valence-electron chi connectivity index (χ4n) is 1.98. The molecule has 4 heteroatoms. The van der Waals surface area contributed by atoms with Crippen molar-refractivity contribution in [1.29, 1.82) is 0 Å². The van der Waals surface area contributed by atoms with Crippen molar-refractivity contribution in [2.45, 2.75) is 52.4 Å². The molecule has 0 amide bonds. The minimum atomic E-state index is -1.08. The van der Waals surface area contributed by atoms with Gasteiger partial charge in [0, 0.05) is 0 Å². The highest BCUT2D eigenvalue weighted by Gasteiger charge is 2.00. The minimum Gasteiger partial charge on any atom is -0.481 e. The van der Waals surface area contributed by atoms with Gasteiger partial charge in [0.1, 0.15) is 0 Å². The van der Waals surface area contributed by atoms with E-state index < -0.39 is 11.9 Å². The van der Waals surface area contributed by atoms with E-state index in [-0.39, 0.29) is 12.8 Å². The van der Waals surface area contributed by atoms with Gasteiger partial charge in [0.25, 0.3) is 0 Å². The molecule has 0 aliphatic rings. The average Bonchev–Trinajstić information content (AvgIpc) is 2.67. The summed E-state index contributed by atoms with van der Waals surface area (Å²) in [5, 5.41) is 15.8. The normalized spacial score (nSPS) is 9.15. The van der Waals surface area contributed by atoms with Gasteiger partial charge in [-0.1, -0.05) is 100 Å². The molecule has 0 saturated heterocycles. The molecule has 4 nitrogen and oxygen atoms in total. The predicted octanol–water partition coefficient (Wildman–Crippen LogP) is 5.88. The summed E-state index contributed by atoms with van der Waals surface area (Å²) >= 11 is 0. The Morgan fingerprint density at radius 3 is 1.19 bits per heavy atom. The number of aliphatic carboxylic acids is 2. The van der Waals surface area contributed by atoms with Gasteiger partial charge in [0.15, 0.2) is 0 Å². The topological polar surface area (TPSA) is 74.6 Å². The molecule has 26 heavy (non-hydrogen) atoms. The van der Waals surface area contributed by atoms with E-state index >= 15 is 0 Å². The Hall–Kier alpha value is -2.62. The summed E-state index contributed by atoms with van der Waals surface area (Å²) in [6, 6.07) is 20.8. The van der Waals surface area contributed by atoms with Crippen LogP contribution in [0.1, 0.15) is 52.4 Å². The summed E-state index contributed by atoms with van der Waals surface area (Å²) in [7, 11) is 0. The molecule has 2 rings (SSSR count). The van der Waals surface area contributed by atoms with E-state index in [4.69, 9.17) is 10.2 Å². The zero-order valence-electron chi connectivity index (χ0n) is 15.7. The van der Waals surface area contributed by atoms with E-state index in [2.05, 4.69) is 62.4 Å². The van der Waals surface area contributed by atoms with Crippen molar-refractivity contribution >= 4 is 11.9 Å². The highest BCUT2D eigenvalue weighted by molar-refractivity contribution is 5.75. The van der Waals surface area contributed by atoms with Crippen LogP contribution in [-0.4, -0.2) is 22.2 Å². The van der Waals surface area contributed by atoms with Crippen LogP contribution in [0.25, 0.3) is 11.1 Å². The number of rotatable bonds is 7. The van der Waals surface area contributed by atoms with Crippen LogP contribution in [0.4, 0.5) is 0 Å². The highest BCUT2D eigenvalue weighted by atomic mass is 16.4. The zero-order valence-corrected chi connectivity index (χ0v) is 15.7. The van der Waals surface area contributed by atoms with Crippen LogP contribution in [0.15, 0.2) is 60.7 Å². The number of hydrogen-bond acceptors (Lipinski definition) is 2. The van der Waals surface area contributed by atoms with Crippen LogP contribution in [0.5, 0.6) is 0 Å². The van der Waals surface area contributed by atoms with Gasteiger partial charge in [-0.2, -0.15) is 0 Å². The van der Waals surface area contributed by atoms with Crippen LogP contribution in [0.3, 0.4) is 0 Å². The Labute approximate surface area is 156 Å². The summed E-state index contributed by atoms with van der Waals surface area (Å²) < 4.78 is 0. The molecule has 2 aromatic carbocycles. The molecule has 2 aromatic rings. The second kappa shape index (κ2) is 15.9. The molecule has 0 bridgehead atoms. The highest BCUT2D eigenvalue weighted by Crippen LogP contribution is 2.17. The van der Waals surface area contributed by atoms with Crippen molar-refractivity contribution in [2.24, 2.45) is 0 Å². The zero-order chi connectivity index (χ0) is 19.6. The monoisotopic (exact) mass is 358 g/mol. The van der Waals surface area contributed by atoms with Gasteiger partial charge >= 0.3 is 11.9 Å². The molecule has 0 unspecified atom stereocenters. The summed E-state index contributed by atoms with van der Waals surface area (Å²) in [6.45, 7) is 4.46. The Morgan fingerprint density at radius 2 is 0.962 bits per heavy atom. The van der Waals surface area contributed by atoms with Crippen molar-refractivity contribution in [3.8, 4) is 11.1 Å². The third kappa shape index (κ3) is 13.8. The lowest BCUT2D eigenvalue weighted by Gasteiger charge is -1.98. The van der Waals surface area contributed by atoms with Gasteiger partial charge in [0.2, 0.25) is 0 Å². The lowest BCUT2D eigenvalue weighted by atomic mass is 10.1. The van der Waals surface area contributed by atoms with Gasteiger partial charge in [-0.15, -0.1) is 0 Å². The number of carboxylic acids is 2. The number of unbranched alkanes of at least 4 members (excludes halogenated alkanes) is 3. The van der Waals surface area contributed by atoms with Crippen LogP contribution < -0.4 is 0 Å². The van der Waals surface area contributed by atoms with Crippen molar-refractivity contribution in [1.82, 2.24) is 0 Å². The second-order valence-electron chi connectivity index (χ2n) is 5.73. The number of carboxylic acid groups (broad SMARTS) is 2. The lowest BCUT2D eigenvalue weighted by Crippen LogP contribution is -2.00. The summed E-state index contributed by atoms with van der Waals surface area (Å²) in [4.78, 5) is 19.3. The molecule has 0 spiro atoms. The lowest BCUT2D eigenvalue weighted by molar-refractivity contribution is -0.143. The first-order chi connectivity index (χ1) is 12.5. The Bertz CT molecular complexity index is 539. The van der Waals surface area contributed by atoms with Gasteiger partial charge in [-0.05, 0) is 11.1 Å². The molecule has 0 radical (unpaired) electrons. The predicted molar refractivity (Wildman–Crippen MR) is 106 cm³/mol. The molecular formula is C22H30O4. The third-order valence-electron chi connectivity index (χ3n) is 3.39. The standard InChI is InChI=1S/C12H10.C6H14.C4H6O4/c1-3-7-11(8-4-1)12-9-5-2-6-10-12;1-3-5-6-4-2;5-3(6)1-2-4(7)8/h1-10H;3-6H2,1-2H3;1-2H2,(H,5,6)(H,7,8). The number of benzene rings is 2. The van der Waals surface area contributed by atoms with Crippen molar-refractivity contribution in [3.63, 3.8) is 0 Å². The molecule has 0 aromatic heterocycles. The van der Waals surface area contributed by atoms with E-state index in [9.17, 15) is 9.59 Å². The van der Waals surface area contributed by atoms with Gasteiger partial charge < -0.3 is 10.2 Å². The quantitative estimate of drug-likeness (QED) is 0.606. The Kier molecular flexibility index (Phi) is 14.3. The Morgan fingerprint density at radius 1 is 0.654 bits per heavy atom. The first-order valence-electron chi connectivity index (χ1n) is 9.05.